The first-order valence-corrected chi connectivity index (χ1v) is 7.82. The van der Waals surface area contributed by atoms with Crippen molar-refractivity contribution in [3.05, 3.63) is 88.7 Å². The first-order valence-electron chi connectivity index (χ1n) is 7.82. The highest BCUT2D eigenvalue weighted by Gasteiger charge is 2.11. The monoisotopic (exact) mass is 334 g/mol. The predicted octanol–water partition coefficient (Wildman–Crippen LogP) is 5.44. The van der Waals surface area contributed by atoms with Gasteiger partial charge in [0.25, 0.3) is 0 Å². The fourth-order valence-corrected chi connectivity index (χ4v) is 2.89. The minimum absolute atomic E-state index is 0.283. The van der Waals surface area contributed by atoms with Gasteiger partial charge in [-0.25, -0.2) is 8.78 Å². The highest BCUT2D eigenvalue weighted by Crippen LogP contribution is 2.25. The van der Waals surface area contributed by atoms with E-state index in [1.54, 1.807) is 30.3 Å². The van der Waals surface area contributed by atoms with Gasteiger partial charge >= 0.3 is 0 Å². The molecule has 1 heterocycles. The molecule has 0 aliphatic heterocycles. The zero-order valence-corrected chi connectivity index (χ0v) is 13.9. The molecule has 0 saturated heterocycles. The van der Waals surface area contributed by atoms with Crippen LogP contribution in [0.3, 0.4) is 0 Å². The third-order valence-corrected chi connectivity index (χ3v) is 4.13. The van der Waals surface area contributed by atoms with Gasteiger partial charge in [0.05, 0.1) is 11.6 Å². The van der Waals surface area contributed by atoms with E-state index in [1.807, 2.05) is 24.5 Å². The molecular weight excluding hydrogens is 318 g/mol. The summed E-state index contributed by atoms with van der Waals surface area (Å²) in [5, 5.41) is 9.46. The van der Waals surface area contributed by atoms with Crippen LogP contribution in [-0.2, 0) is 0 Å². The van der Waals surface area contributed by atoms with E-state index in [0.29, 0.717) is 11.1 Å². The second-order valence-corrected chi connectivity index (χ2v) is 5.82. The Balaban J connectivity index is 2.06. The Morgan fingerprint density at radius 2 is 1.52 bits per heavy atom. The van der Waals surface area contributed by atoms with Crippen molar-refractivity contribution in [2.24, 2.45) is 0 Å². The molecule has 0 saturated carbocycles. The van der Waals surface area contributed by atoms with Crippen molar-refractivity contribution in [3.8, 4) is 11.8 Å². The van der Waals surface area contributed by atoms with Crippen LogP contribution in [0.2, 0.25) is 0 Å². The zero-order valence-electron chi connectivity index (χ0n) is 13.9. The minimum atomic E-state index is -0.337. The molecule has 0 radical (unpaired) electrons. The van der Waals surface area contributed by atoms with Crippen molar-refractivity contribution in [3.63, 3.8) is 0 Å². The van der Waals surface area contributed by atoms with E-state index >= 15 is 0 Å². The Morgan fingerprint density at radius 3 is 2.08 bits per heavy atom. The topological polar surface area (TPSA) is 28.7 Å². The highest BCUT2D eigenvalue weighted by atomic mass is 19.1. The number of hydrogen-bond acceptors (Lipinski definition) is 1. The summed E-state index contributed by atoms with van der Waals surface area (Å²) >= 11 is 0. The van der Waals surface area contributed by atoms with Crippen molar-refractivity contribution in [2.45, 2.75) is 13.8 Å². The SMILES string of the molecule is Cc1cc(/C=C(\C#N)c2ccc(F)cc2)c(C)n1-c1ccc(F)cc1. The van der Waals surface area contributed by atoms with Crippen molar-refractivity contribution in [1.29, 1.82) is 5.26 Å². The molecule has 0 amide bonds. The highest BCUT2D eigenvalue weighted by molar-refractivity contribution is 5.90. The lowest BCUT2D eigenvalue weighted by molar-refractivity contribution is 0.627. The molecule has 0 spiro atoms. The molecule has 1 aromatic heterocycles. The quantitative estimate of drug-likeness (QED) is 0.587. The fourth-order valence-electron chi connectivity index (χ4n) is 2.89. The summed E-state index contributed by atoms with van der Waals surface area (Å²) in [5.41, 5.74) is 4.79. The molecule has 4 heteroatoms. The van der Waals surface area contributed by atoms with Gasteiger partial charge in [-0.15, -0.1) is 0 Å². The smallest absolute Gasteiger partial charge is 0.123 e. The number of benzene rings is 2. The Labute approximate surface area is 145 Å². The van der Waals surface area contributed by atoms with E-state index in [4.69, 9.17) is 0 Å². The summed E-state index contributed by atoms with van der Waals surface area (Å²) < 4.78 is 28.3. The predicted molar refractivity (Wildman–Crippen MR) is 95.1 cm³/mol. The Morgan fingerprint density at radius 1 is 0.960 bits per heavy atom. The molecule has 0 bridgehead atoms. The molecule has 0 atom stereocenters. The van der Waals surface area contributed by atoms with Crippen molar-refractivity contribution in [1.82, 2.24) is 4.57 Å². The van der Waals surface area contributed by atoms with E-state index in [2.05, 4.69) is 6.07 Å². The molecule has 0 aliphatic carbocycles. The van der Waals surface area contributed by atoms with Crippen LogP contribution in [0.4, 0.5) is 8.78 Å². The van der Waals surface area contributed by atoms with Crippen molar-refractivity contribution < 1.29 is 8.78 Å². The number of allylic oxidation sites excluding steroid dienone is 1. The Kier molecular flexibility index (Phi) is 4.49. The number of rotatable bonds is 3. The summed E-state index contributed by atoms with van der Waals surface area (Å²) in [6, 6.07) is 16.3. The zero-order chi connectivity index (χ0) is 18.0. The average molecular weight is 334 g/mol. The number of nitriles is 1. The van der Waals surface area contributed by atoms with Crippen LogP contribution in [-0.4, -0.2) is 4.57 Å². The summed E-state index contributed by atoms with van der Waals surface area (Å²) in [5.74, 6) is -0.620. The number of aryl methyl sites for hydroxylation is 1. The molecule has 3 aromatic rings. The molecule has 0 aliphatic rings. The maximum atomic E-state index is 13.2. The third kappa shape index (κ3) is 3.36. The van der Waals surface area contributed by atoms with Gasteiger partial charge in [-0.05, 0) is 73.5 Å². The molecule has 25 heavy (non-hydrogen) atoms. The lowest BCUT2D eigenvalue weighted by Crippen LogP contribution is -1.99. The minimum Gasteiger partial charge on any atom is -0.318 e. The largest absolute Gasteiger partial charge is 0.318 e. The van der Waals surface area contributed by atoms with E-state index in [0.717, 1.165) is 22.6 Å². The molecule has 124 valence electrons. The molecule has 0 N–H and O–H groups in total. The standard InChI is InChI=1S/C21H16F2N2/c1-14-11-17(12-18(13-24)16-3-5-19(22)6-4-16)15(2)25(14)21-9-7-20(23)8-10-21/h3-12H,1-2H3/b18-12+. The first-order chi connectivity index (χ1) is 12.0. The van der Waals surface area contributed by atoms with Crippen LogP contribution in [0.5, 0.6) is 0 Å². The van der Waals surface area contributed by atoms with Crippen LogP contribution in [0.25, 0.3) is 17.3 Å². The second-order valence-electron chi connectivity index (χ2n) is 5.82. The van der Waals surface area contributed by atoms with Gasteiger partial charge in [0, 0.05) is 17.1 Å². The summed E-state index contributed by atoms with van der Waals surface area (Å²) in [7, 11) is 0. The maximum absolute atomic E-state index is 13.2. The number of aromatic nitrogens is 1. The van der Waals surface area contributed by atoms with Crippen molar-refractivity contribution >= 4 is 11.6 Å². The molecule has 3 rings (SSSR count). The normalized spacial score (nSPS) is 11.4. The van der Waals surface area contributed by atoms with Crippen LogP contribution in [0.15, 0.2) is 54.6 Å². The van der Waals surface area contributed by atoms with Gasteiger partial charge in [-0.3, -0.25) is 0 Å². The number of hydrogen-bond donors (Lipinski definition) is 0. The summed E-state index contributed by atoms with van der Waals surface area (Å²) in [4.78, 5) is 0. The van der Waals surface area contributed by atoms with E-state index in [9.17, 15) is 14.0 Å². The van der Waals surface area contributed by atoms with Gasteiger partial charge in [0.1, 0.15) is 11.6 Å². The molecule has 0 unspecified atom stereocenters. The van der Waals surface area contributed by atoms with Gasteiger partial charge in [-0.1, -0.05) is 12.1 Å². The molecular formula is C21H16F2N2. The Hall–Kier alpha value is -3.19. The number of nitrogens with zero attached hydrogens (tertiary/aromatic N) is 2. The molecule has 0 fully saturated rings. The van der Waals surface area contributed by atoms with Crippen LogP contribution in [0, 0.1) is 36.8 Å². The average Bonchev–Trinajstić information content (AvgIpc) is 2.88. The van der Waals surface area contributed by atoms with Gasteiger partial charge in [-0.2, -0.15) is 5.26 Å². The van der Waals surface area contributed by atoms with E-state index in [1.165, 1.54) is 24.3 Å². The number of halogens is 2. The second kappa shape index (κ2) is 6.74. The maximum Gasteiger partial charge on any atom is 0.123 e. The first kappa shape index (κ1) is 16.7. The summed E-state index contributed by atoms with van der Waals surface area (Å²) in [6.45, 7) is 3.90. The van der Waals surface area contributed by atoms with E-state index in [-0.39, 0.29) is 11.6 Å². The molecule has 2 nitrogen and oxygen atoms in total. The Bertz CT molecular complexity index is 972. The third-order valence-electron chi connectivity index (χ3n) is 4.13. The van der Waals surface area contributed by atoms with E-state index < -0.39 is 0 Å². The van der Waals surface area contributed by atoms with Crippen LogP contribution < -0.4 is 0 Å². The lowest BCUT2D eigenvalue weighted by Gasteiger charge is -2.09. The van der Waals surface area contributed by atoms with Crippen molar-refractivity contribution in [2.75, 3.05) is 0 Å². The fraction of sp³-hybridized carbons (Fsp3) is 0.0952. The van der Waals surface area contributed by atoms with Gasteiger partial charge in [0.2, 0.25) is 0 Å². The van der Waals surface area contributed by atoms with Crippen LogP contribution in [0.1, 0.15) is 22.5 Å². The van der Waals surface area contributed by atoms with Gasteiger partial charge < -0.3 is 4.57 Å². The lowest BCUT2D eigenvalue weighted by atomic mass is 10.0. The molecule has 2 aromatic carbocycles. The van der Waals surface area contributed by atoms with Gasteiger partial charge in [0.15, 0.2) is 0 Å². The summed E-state index contributed by atoms with van der Waals surface area (Å²) in [6.07, 6.45) is 1.79. The van der Waals surface area contributed by atoms with Crippen LogP contribution >= 0.6 is 0 Å².